The Kier molecular flexibility index (Phi) is 9.45. The van der Waals surface area contributed by atoms with Crippen molar-refractivity contribution >= 4 is 57.4 Å². The molecule has 1 aliphatic rings. The molecule has 1 aliphatic heterocycles. The predicted octanol–water partition coefficient (Wildman–Crippen LogP) is 7.05. The molecular weight excluding hydrogens is 569 g/mol. The number of nitrogens with one attached hydrogen (secondary N) is 1. The molecule has 0 aliphatic carbocycles. The Hall–Kier alpha value is -3.87. The third-order valence-electron chi connectivity index (χ3n) is 7.60. The van der Waals surface area contributed by atoms with Crippen LogP contribution in [0.5, 0.6) is 0 Å². The number of rotatable bonds is 12. The van der Waals surface area contributed by atoms with Crippen LogP contribution in [-0.4, -0.2) is 41.8 Å². The number of nitrogens with zero attached hydrogens (tertiary/aromatic N) is 2. The summed E-state index contributed by atoms with van der Waals surface area (Å²) in [5.74, 6) is -0.452. The van der Waals surface area contributed by atoms with Crippen LogP contribution in [0.25, 0.3) is 10.8 Å². The molecule has 0 aromatic heterocycles. The number of halogens is 2. The van der Waals surface area contributed by atoms with E-state index in [4.69, 9.17) is 23.2 Å². The van der Waals surface area contributed by atoms with Crippen LogP contribution in [0.15, 0.2) is 84.9 Å². The van der Waals surface area contributed by atoms with Crippen LogP contribution in [0.2, 0.25) is 10.0 Å². The van der Waals surface area contributed by atoms with Gasteiger partial charge in [-0.3, -0.25) is 14.4 Å². The Balaban J connectivity index is 1.38. The van der Waals surface area contributed by atoms with Crippen molar-refractivity contribution < 1.29 is 14.4 Å². The van der Waals surface area contributed by atoms with Crippen LogP contribution in [0.4, 0.5) is 5.69 Å². The maximum Gasteiger partial charge on any atom is 0.258 e. The summed E-state index contributed by atoms with van der Waals surface area (Å²) in [5, 5.41) is 5.88. The Morgan fingerprint density at radius 1 is 0.952 bits per heavy atom. The van der Waals surface area contributed by atoms with Crippen LogP contribution in [-0.2, 0) is 22.6 Å². The summed E-state index contributed by atoms with van der Waals surface area (Å²) < 4.78 is 0. The molecule has 0 bridgehead atoms. The number of carbonyl (C=O) groups excluding carboxylic acids is 3. The van der Waals surface area contributed by atoms with Gasteiger partial charge in [-0.05, 0) is 53.6 Å². The molecule has 0 saturated carbocycles. The van der Waals surface area contributed by atoms with Crippen molar-refractivity contribution in [3.63, 3.8) is 0 Å². The van der Waals surface area contributed by atoms with Crippen LogP contribution in [0.3, 0.4) is 0 Å². The van der Waals surface area contributed by atoms with E-state index in [-0.39, 0.29) is 30.7 Å². The van der Waals surface area contributed by atoms with Gasteiger partial charge in [0.05, 0.1) is 5.69 Å². The minimum atomic E-state index is -0.746. The fourth-order valence-corrected chi connectivity index (χ4v) is 5.95. The molecule has 0 unspecified atom stereocenters. The minimum absolute atomic E-state index is 0.0556. The highest BCUT2D eigenvalue weighted by molar-refractivity contribution is 6.35. The number of amides is 3. The van der Waals surface area contributed by atoms with Gasteiger partial charge < -0.3 is 15.1 Å². The molecule has 216 valence electrons. The molecule has 0 fully saturated rings. The van der Waals surface area contributed by atoms with Crippen molar-refractivity contribution in [2.24, 2.45) is 0 Å². The molecule has 1 atom stereocenters. The third-order valence-corrected chi connectivity index (χ3v) is 8.18. The van der Waals surface area contributed by atoms with Crippen molar-refractivity contribution in [2.75, 3.05) is 18.0 Å². The quantitative estimate of drug-likeness (QED) is 0.189. The number of carbonyl (C=O) groups is 3. The molecule has 42 heavy (non-hydrogen) atoms. The van der Waals surface area contributed by atoms with E-state index in [1.165, 1.54) is 0 Å². The molecule has 0 saturated heterocycles. The van der Waals surface area contributed by atoms with Crippen molar-refractivity contribution in [3.05, 3.63) is 112 Å². The fourth-order valence-electron chi connectivity index (χ4n) is 5.49. The second-order valence-electron chi connectivity index (χ2n) is 10.5. The molecule has 1 heterocycles. The van der Waals surface area contributed by atoms with E-state index in [1.54, 1.807) is 28.0 Å². The van der Waals surface area contributed by atoms with Gasteiger partial charge in [0.15, 0.2) is 0 Å². The second kappa shape index (κ2) is 13.4. The van der Waals surface area contributed by atoms with Crippen LogP contribution in [0.1, 0.15) is 47.7 Å². The molecule has 0 spiro atoms. The molecule has 1 N–H and O–H groups in total. The minimum Gasteiger partial charge on any atom is -0.354 e. The first-order chi connectivity index (χ1) is 20.4. The average Bonchev–Trinajstić information content (AvgIpc) is 3.27. The number of hydrogen-bond donors (Lipinski definition) is 1. The van der Waals surface area contributed by atoms with Gasteiger partial charge in [-0.2, -0.15) is 0 Å². The van der Waals surface area contributed by atoms with Gasteiger partial charge in [-0.25, -0.2) is 0 Å². The van der Waals surface area contributed by atoms with E-state index >= 15 is 0 Å². The first kappa shape index (κ1) is 29.6. The summed E-state index contributed by atoms with van der Waals surface area (Å²) in [7, 11) is 0. The Morgan fingerprint density at radius 3 is 2.45 bits per heavy atom. The summed E-state index contributed by atoms with van der Waals surface area (Å²) >= 11 is 12.7. The van der Waals surface area contributed by atoms with Crippen molar-refractivity contribution in [3.8, 4) is 0 Å². The third kappa shape index (κ3) is 6.45. The van der Waals surface area contributed by atoms with Crippen molar-refractivity contribution in [1.82, 2.24) is 10.2 Å². The van der Waals surface area contributed by atoms with E-state index in [2.05, 4.69) is 5.32 Å². The first-order valence-corrected chi connectivity index (χ1v) is 15.0. The summed E-state index contributed by atoms with van der Waals surface area (Å²) in [6.07, 6.45) is 1.73. The van der Waals surface area contributed by atoms with E-state index < -0.39 is 6.04 Å². The Bertz CT molecular complexity index is 1600. The van der Waals surface area contributed by atoms with Crippen LogP contribution in [0, 0.1) is 0 Å². The van der Waals surface area contributed by atoms with Crippen LogP contribution < -0.4 is 10.2 Å². The average molecular weight is 603 g/mol. The highest BCUT2D eigenvalue weighted by Crippen LogP contribution is 2.37. The normalized spacial score (nSPS) is 12.9. The van der Waals surface area contributed by atoms with Crippen molar-refractivity contribution in [2.45, 2.75) is 45.2 Å². The Labute approximate surface area is 256 Å². The monoisotopic (exact) mass is 601 g/mol. The zero-order chi connectivity index (χ0) is 29.6. The lowest BCUT2D eigenvalue weighted by molar-refractivity contribution is -0.141. The largest absolute Gasteiger partial charge is 0.354 e. The number of hydrogen-bond acceptors (Lipinski definition) is 3. The lowest BCUT2D eigenvalue weighted by Crippen LogP contribution is -2.50. The van der Waals surface area contributed by atoms with Gasteiger partial charge >= 0.3 is 0 Å². The summed E-state index contributed by atoms with van der Waals surface area (Å²) in [4.78, 5) is 44.1. The molecule has 4 aromatic carbocycles. The molecule has 0 radical (unpaired) electrons. The summed E-state index contributed by atoms with van der Waals surface area (Å²) in [6.45, 7) is 3.04. The standard InChI is InChI=1S/C34H33Cl2N3O3/c1-2-18-37-33(41)30(20-23-9-4-3-5-10-23)39(22-25-16-17-26(35)21-28(25)36)31(40)15-8-19-38-29-14-7-12-24-11-6-13-27(32(24)29)34(38)42/h3-7,9-14,16-17,21,30H,2,8,15,18-20,22H2,1H3,(H,37,41)/t30-/m1/s1. The zero-order valence-electron chi connectivity index (χ0n) is 23.5. The first-order valence-electron chi connectivity index (χ1n) is 14.3. The summed E-state index contributed by atoms with van der Waals surface area (Å²) in [5.41, 5.74) is 3.20. The van der Waals surface area contributed by atoms with Gasteiger partial charge in [0.2, 0.25) is 11.8 Å². The van der Waals surface area contributed by atoms with E-state index in [0.29, 0.717) is 47.1 Å². The maximum absolute atomic E-state index is 14.0. The SMILES string of the molecule is CCCNC(=O)[C@@H](Cc1ccccc1)N(Cc1ccc(Cl)cc1Cl)C(=O)CCCN1C(=O)c2cccc3cccc1c23. The maximum atomic E-state index is 14.0. The highest BCUT2D eigenvalue weighted by Gasteiger charge is 2.32. The van der Waals surface area contributed by atoms with E-state index in [0.717, 1.165) is 28.4 Å². The smallest absolute Gasteiger partial charge is 0.258 e. The molecule has 5 rings (SSSR count). The van der Waals surface area contributed by atoms with Gasteiger partial charge in [-0.1, -0.05) is 90.8 Å². The highest BCUT2D eigenvalue weighted by atomic mass is 35.5. The topological polar surface area (TPSA) is 69.7 Å². The second-order valence-corrected chi connectivity index (χ2v) is 11.3. The lowest BCUT2D eigenvalue weighted by Gasteiger charge is -2.32. The molecule has 4 aromatic rings. The van der Waals surface area contributed by atoms with Crippen molar-refractivity contribution in [1.29, 1.82) is 0 Å². The predicted molar refractivity (Wildman–Crippen MR) is 169 cm³/mol. The van der Waals surface area contributed by atoms with Gasteiger partial charge in [0.1, 0.15) is 6.04 Å². The lowest BCUT2D eigenvalue weighted by atomic mass is 10.0. The van der Waals surface area contributed by atoms with Gasteiger partial charge in [0.25, 0.3) is 5.91 Å². The van der Waals surface area contributed by atoms with Gasteiger partial charge in [-0.15, -0.1) is 0 Å². The van der Waals surface area contributed by atoms with Gasteiger partial charge in [0, 0.05) is 53.5 Å². The Morgan fingerprint density at radius 2 is 1.71 bits per heavy atom. The van der Waals surface area contributed by atoms with Crippen LogP contribution >= 0.6 is 23.2 Å². The van der Waals surface area contributed by atoms with E-state index in [9.17, 15) is 14.4 Å². The molecule has 8 heteroatoms. The number of anilines is 1. The molecule has 3 amide bonds. The number of benzene rings is 4. The zero-order valence-corrected chi connectivity index (χ0v) is 25.0. The summed E-state index contributed by atoms with van der Waals surface area (Å²) in [6, 6.07) is 25.7. The fraction of sp³-hybridized carbons (Fsp3) is 0.265. The molecule has 6 nitrogen and oxygen atoms in total. The molecular formula is C34H33Cl2N3O3. The van der Waals surface area contributed by atoms with E-state index in [1.807, 2.05) is 73.7 Å².